The van der Waals surface area contributed by atoms with Gasteiger partial charge in [0.05, 0.1) is 17.4 Å². The van der Waals surface area contributed by atoms with Crippen LogP contribution in [0.15, 0.2) is 24.3 Å². The van der Waals surface area contributed by atoms with Crippen LogP contribution < -0.4 is 0 Å². The van der Waals surface area contributed by atoms with Crippen LogP contribution in [0.3, 0.4) is 0 Å². The molecule has 1 rings (SSSR count). The highest BCUT2D eigenvalue weighted by molar-refractivity contribution is 7.98. The lowest BCUT2D eigenvalue weighted by Gasteiger charge is -2.16. The molecule has 0 aliphatic heterocycles. The third-order valence-electron chi connectivity index (χ3n) is 2.56. The Kier molecular flexibility index (Phi) is 5.66. The molecule has 0 radical (unpaired) electrons. The van der Waals surface area contributed by atoms with Crippen molar-refractivity contribution in [1.82, 2.24) is 4.31 Å². The first-order valence-corrected chi connectivity index (χ1v) is 8.42. The first-order valence-electron chi connectivity index (χ1n) is 5.42. The topological polar surface area (TPSA) is 61.2 Å². The summed E-state index contributed by atoms with van der Waals surface area (Å²) in [7, 11) is -1.78. The summed E-state index contributed by atoms with van der Waals surface area (Å²) < 4.78 is 25.5. The molecular formula is C12H16N2O2S2. The Bertz CT molecular complexity index is 535. The number of hydrogen-bond donors (Lipinski definition) is 0. The summed E-state index contributed by atoms with van der Waals surface area (Å²) in [5.41, 5.74) is 0.968. The van der Waals surface area contributed by atoms with E-state index in [4.69, 9.17) is 5.26 Å². The number of thioether (sulfide) groups is 1. The molecule has 4 nitrogen and oxygen atoms in total. The number of rotatable bonds is 6. The van der Waals surface area contributed by atoms with Crippen molar-refractivity contribution >= 4 is 21.8 Å². The van der Waals surface area contributed by atoms with Gasteiger partial charge in [-0.25, -0.2) is 12.7 Å². The first kappa shape index (κ1) is 15.0. The standard InChI is InChI=1S/C12H16N2O2S2/c1-14(7-8-17-2)18(15,16)10-12-6-4-3-5-11(12)9-13/h3-6H,7-8,10H2,1-2H3. The van der Waals surface area contributed by atoms with Crippen molar-refractivity contribution in [2.75, 3.05) is 25.6 Å². The minimum absolute atomic E-state index is 0.123. The van der Waals surface area contributed by atoms with Crippen molar-refractivity contribution in [2.45, 2.75) is 5.75 Å². The molecule has 0 atom stereocenters. The molecule has 1 aromatic carbocycles. The van der Waals surface area contributed by atoms with Crippen molar-refractivity contribution < 1.29 is 8.42 Å². The van der Waals surface area contributed by atoms with E-state index >= 15 is 0 Å². The second kappa shape index (κ2) is 6.78. The highest BCUT2D eigenvalue weighted by Gasteiger charge is 2.19. The molecule has 0 spiro atoms. The van der Waals surface area contributed by atoms with Gasteiger partial charge >= 0.3 is 0 Å². The molecule has 1 aromatic rings. The highest BCUT2D eigenvalue weighted by Crippen LogP contribution is 2.14. The van der Waals surface area contributed by atoms with Gasteiger partial charge in [-0.15, -0.1) is 0 Å². The van der Waals surface area contributed by atoms with Crippen molar-refractivity contribution in [3.63, 3.8) is 0 Å². The van der Waals surface area contributed by atoms with Gasteiger partial charge in [0.15, 0.2) is 0 Å². The van der Waals surface area contributed by atoms with Gasteiger partial charge in [-0.2, -0.15) is 17.0 Å². The zero-order valence-electron chi connectivity index (χ0n) is 10.5. The number of hydrogen-bond acceptors (Lipinski definition) is 4. The summed E-state index contributed by atoms with van der Waals surface area (Å²) in [6.45, 7) is 0.484. The van der Waals surface area contributed by atoms with E-state index in [9.17, 15) is 8.42 Å². The Morgan fingerprint density at radius 1 is 1.39 bits per heavy atom. The van der Waals surface area contributed by atoms with Gasteiger partial charge in [0.25, 0.3) is 0 Å². The van der Waals surface area contributed by atoms with Crippen LogP contribution in [0.1, 0.15) is 11.1 Å². The van der Waals surface area contributed by atoms with Gasteiger partial charge in [0.1, 0.15) is 0 Å². The van der Waals surface area contributed by atoms with Crippen LogP contribution >= 0.6 is 11.8 Å². The van der Waals surface area contributed by atoms with Crippen LogP contribution in [0.4, 0.5) is 0 Å². The Balaban J connectivity index is 2.86. The van der Waals surface area contributed by atoms with Crippen LogP contribution in [-0.4, -0.2) is 38.3 Å². The molecule has 0 bridgehead atoms. The van der Waals surface area contributed by atoms with E-state index < -0.39 is 10.0 Å². The Morgan fingerprint density at radius 2 is 2.06 bits per heavy atom. The highest BCUT2D eigenvalue weighted by atomic mass is 32.2. The van der Waals surface area contributed by atoms with E-state index in [0.717, 1.165) is 5.75 Å². The van der Waals surface area contributed by atoms with Gasteiger partial charge in [-0.3, -0.25) is 0 Å². The fourth-order valence-electron chi connectivity index (χ4n) is 1.42. The maximum absolute atomic E-state index is 12.1. The minimum atomic E-state index is -3.35. The summed E-state index contributed by atoms with van der Waals surface area (Å²) in [5, 5.41) is 8.93. The third kappa shape index (κ3) is 4.02. The molecule has 18 heavy (non-hydrogen) atoms. The molecule has 0 aromatic heterocycles. The van der Waals surface area contributed by atoms with Gasteiger partial charge in [-0.05, 0) is 17.9 Å². The molecule has 0 unspecified atom stereocenters. The number of sulfonamides is 1. The van der Waals surface area contributed by atoms with E-state index in [1.165, 1.54) is 4.31 Å². The first-order chi connectivity index (χ1) is 8.51. The molecule has 0 aliphatic carbocycles. The zero-order chi connectivity index (χ0) is 13.6. The second-order valence-electron chi connectivity index (χ2n) is 3.84. The fraction of sp³-hybridized carbons (Fsp3) is 0.417. The van der Waals surface area contributed by atoms with E-state index in [0.29, 0.717) is 17.7 Å². The molecule has 0 amide bonds. The number of benzene rings is 1. The summed E-state index contributed by atoms with van der Waals surface area (Å²) in [6.07, 6.45) is 1.94. The van der Waals surface area contributed by atoms with Crippen molar-refractivity contribution in [3.05, 3.63) is 35.4 Å². The molecule has 6 heteroatoms. The molecular weight excluding hydrogens is 268 g/mol. The van der Waals surface area contributed by atoms with E-state index in [1.807, 2.05) is 12.3 Å². The predicted molar refractivity (Wildman–Crippen MR) is 74.8 cm³/mol. The Morgan fingerprint density at radius 3 is 2.67 bits per heavy atom. The second-order valence-corrected chi connectivity index (χ2v) is 6.90. The molecule has 0 N–H and O–H groups in total. The largest absolute Gasteiger partial charge is 0.218 e. The van der Waals surface area contributed by atoms with Crippen LogP contribution in [0.25, 0.3) is 0 Å². The molecule has 0 aliphatic rings. The zero-order valence-corrected chi connectivity index (χ0v) is 12.1. The lowest BCUT2D eigenvalue weighted by molar-refractivity contribution is 0.487. The average Bonchev–Trinajstić information content (AvgIpc) is 2.36. The van der Waals surface area contributed by atoms with E-state index in [1.54, 1.807) is 43.1 Å². The normalized spacial score (nSPS) is 11.4. The summed E-state index contributed by atoms with van der Waals surface area (Å²) in [5.74, 6) is 0.636. The number of nitrogens with zero attached hydrogens (tertiary/aromatic N) is 2. The Labute approximate surface area is 113 Å². The summed E-state index contributed by atoms with van der Waals surface area (Å²) in [6, 6.07) is 8.80. The van der Waals surface area contributed by atoms with Gasteiger partial charge < -0.3 is 0 Å². The van der Waals surface area contributed by atoms with Crippen molar-refractivity contribution in [2.24, 2.45) is 0 Å². The van der Waals surface area contributed by atoms with Crippen LogP contribution in [0, 0.1) is 11.3 Å². The lowest BCUT2D eigenvalue weighted by atomic mass is 10.1. The summed E-state index contributed by atoms with van der Waals surface area (Å²) >= 11 is 1.60. The molecule has 0 saturated heterocycles. The summed E-state index contributed by atoms with van der Waals surface area (Å²) in [4.78, 5) is 0. The quantitative estimate of drug-likeness (QED) is 0.797. The van der Waals surface area contributed by atoms with Crippen LogP contribution in [0.5, 0.6) is 0 Å². The predicted octanol–water partition coefficient (Wildman–Crippen LogP) is 1.68. The monoisotopic (exact) mass is 284 g/mol. The van der Waals surface area contributed by atoms with Gasteiger partial charge in [0.2, 0.25) is 10.0 Å². The average molecular weight is 284 g/mol. The maximum Gasteiger partial charge on any atom is 0.218 e. The van der Waals surface area contributed by atoms with Gasteiger partial charge in [-0.1, -0.05) is 18.2 Å². The number of nitriles is 1. The molecule has 98 valence electrons. The van der Waals surface area contributed by atoms with E-state index in [-0.39, 0.29) is 5.75 Å². The Hall–Kier alpha value is -1.03. The molecule has 0 saturated carbocycles. The fourth-order valence-corrected chi connectivity index (χ4v) is 3.23. The lowest BCUT2D eigenvalue weighted by Crippen LogP contribution is -2.30. The maximum atomic E-state index is 12.1. The van der Waals surface area contributed by atoms with E-state index in [2.05, 4.69) is 0 Å². The van der Waals surface area contributed by atoms with Crippen molar-refractivity contribution in [3.8, 4) is 6.07 Å². The molecule has 0 fully saturated rings. The van der Waals surface area contributed by atoms with Crippen LogP contribution in [-0.2, 0) is 15.8 Å². The molecule has 0 heterocycles. The minimum Gasteiger partial charge on any atom is -0.212 e. The van der Waals surface area contributed by atoms with Crippen molar-refractivity contribution in [1.29, 1.82) is 5.26 Å². The smallest absolute Gasteiger partial charge is 0.212 e. The SMILES string of the molecule is CSCCN(C)S(=O)(=O)Cc1ccccc1C#N. The van der Waals surface area contributed by atoms with Gasteiger partial charge in [0, 0.05) is 19.3 Å². The van der Waals surface area contributed by atoms with Crippen LogP contribution in [0.2, 0.25) is 0 Å². The third-order valence-corrected chi connectivity index (χ3v) is 4.96.